The van der Waals surface area contributed by atoms with Crippen LogP contribution in [0.3, 0.4) is 0 Å². The Bertz CT molecular complexity index is 1470. The first-order valence-corrected chi connectivity index (χ1v) is 15.6. The Morgan fingerprint density at radius 3 is 2.15 bits per heavy atom. The van der Waals surface area contributed by atoms with E-state index in [1.807, 2.05) is 78.8 Å². The number of hydrogen-bond donors (Lipinski definition) is 1. The molecule has 0 fully saturated rings. The number of carbonyl (C=O) groups excluding carboxylic acids is 2. The summed E-state index contributed by atoms with van der Waals surface area (Å²) in [7, 11) is -4.11. The molecule has 0 spiro atoms. The highest BCUT2D eigenvalue weighted by Crippen LogP contribution is 2.29. The Hall–Kier alpha value is -3.65. The number of anilines is 1. The zero-order valence-corrected chi connectivity index (χ0v) is 26.1. The van der Waals surface area contributed by atoms with Crippen molar-refractivity contribution in [1.29, 1.82) is 0 Å². The van der Waals surface area contributed by atoms with Crippen molar-refractivity contribution in [1.82, 2.24) is 10.2 Å². The van der Waals surface area contributed by atoms with Gasteiger partial charge >= 0.3 is 0 Å². The van der Waals surface area contributed by atoms with Gasteiger partial charge in [0.05, 0.1) is 10.6 Å². The lowest BCUT2D eigenvalue weighted by atomic mass is 10.1. The Morgan fingerprint density at radius 2 is 1.54 bits per heavy atom. The molecule has 8 heteroatoms. The van der Waals surface area contributed by atoms with Gasteiger partial charge in [-0.1, -0.05) is 80.4 Å². The summed E-state index contributed by atoms with van der Waals surface area (Å²) in [4.78, 5) is 29.2. The maximum atomic E-state index is 14.2. The Morgan fingerprint density at radius 1 is 0.878 bits per heavy atom. The van der Waals surface area contributed by atoms with E-state index in [9.17, 15) is 18.0 Å². The van der Waals surface area contributed by atoms with Crippen LogP contribution in [-0.2, 0) is 26.2 Å². The third-order valence-corrected chi connectivity index (χ3v) is 9.01. The van der Waals surface area contributed by atoms with Gasteiger partial charge in [0.25, 0.3) is 10.0 Å². The summed E-state index contributed by atoms with van der Waals surface area (Å²) in [5.41, 5.74) is 4.95. The normalized spacial score (nSPS) is 12.2. The molecule has 0 unspecified atom stereocenters. The molecule has 2 amide bonds. The van der Waals surface area contributed by atoms with Crippen molar-refractivity contribution in [3.63, 3.8) is 0 Å². The maximum absolute atomic E-state index is 14.2. The first-order valence-electron chi connectivity index (χ1n) is 14.1. The maximum Gasteiger partial charge on any atom is 0.264 e. The molecular formula is C33H43N3O4S. The van der Waals surface area contributed by atoms with Crippen LogP contribution in [-0.4, -0.2) is 44.3 Å². The fourth-order valence-corrected chi connectivity index (χ4v) is 6.18. The minimum Gasteiger partial charge on any atom is -0.354 e. The first kappa shape index (κ1) is 31.9. The number of nitrogens with one attached hydrogen (secondary N) is 1. The van der Waals surface area contributed by atoms with Gasteiger partial charge in [-0.25, -0.2) is 8.42 Å². The topological polar surface area (TPSA) is 86.8 Å². The largest absolute Gasteiger partial charge is 0.354 e. The van der Waals surface area contributed by atoms with Gasteiger partial charge in [0, 0.05) is 13.1 Å². The molecule has 3 aromatic rings. The molecule has 3 rings (SSSR count). The van der Waals surface area contributed by atoms with Crippen LogP contribution in [0.5, 0.6) is 0 Å². The lowest BCUT2D eigenvalue weighted by Gasteiger charge is -2.34. The summed E-state index contributed by atoms with van der Waals surface area (Å²) in [6, 6.07) is 19.0. The van der Waals surface area contributed by atoms with Crippen LogP contribution >= 0.6 is 0 Å². The van der Waals surface area contributed by atoms with Crippen LogP contribution < -0.4 is 9.62 Å². The standard InChI is InChI=1S/C33H43N3O4S/c1-8-30(33(38)34-20-23(2)3)35(21-28-13-9-11-25(5)19-28)32(37)22-36(31-14-10-12-26(6)27(31)7)41(39,40)29-17-15-24(4)16-18-29/h9-19,23,30H,8,20-22H2,1-7H3,(H,34,38)/t30-/m0/s1. The second-order valence-corrected chi connectivity index (χ2v) is 13.0. The van der Waals surface area contributed by atoms with E-state index in [4.69, 9.17) is 0 Å². The Kier molecular flexibility index (Phi) is 10.7. The molecule has 0 aliphatic carbocycles. The molecule has 0 heterocycles. The number of sulfonamides is 1. The average molecular weight is 578 g/mol. The lowest BCUT2D eigenvalue weighted by Crippen LogP contribution is -2.52. The van der Waals surface area contributed by atoms with Crippen molar-refractivity contribution in [2.75, 3.05) is 17.4 Å². The molecule has 7 nitrogen and oxygen atoms in total. The third kappa shape index (κ3) is 7.97. The van der Waals surface area contributed by atoms with E-state index in [2.05, 4.69) is 5.32 Å². The quantitative estimate of drug-likeness (QED) is 0.299. The van der Waals surface area contributed by atoms with Gasteiger partial charge in [-0.2, -0.15) is 0 Å². The summed E-state index contributed by atoms with van der Waals surface area (Å²) in [5, 5.41) is 2.96. The lowest BCUT2D eigenvalue weighted by molar-refractivity contribution is -0.140. The van der Waals surface area contributed by atoms with Crippen LogP contribution in [0.25, 0.3) is 0 Å². The molecule has 220 valence electrons. The van der Waals surface area contributed by atoms with Gasteiger partial charge in [-0.05, 0) is 74.9 Å². The van der Waals surface area contributed by atoms with Crippen molar-refractivity contribution < 1.29 is 18.0 Å². The molecule has 3 aromatic carbocycles. The van der Waals surface area contributed by atoms with Crippen LogP contribution in [0.2, 0.25) is 0 Å². The van der Waals surface area contributed by atoms with Crippen LogP contribution in [0.15, 0.2) is 71.6 Å². The van der Waals surface area contributed by atoms with Crippen molar-refractivity contribution >= 4 is 27.5 Å². The second-order valence-electron chi connectivity index (χ2n) is 11.1. The minimum absolute atomic E-state index is 0.101. The molecule has 1 N–H and O–H groups in total. The number of rotatable bonds is 12. The molecule has 0 aliphatic heterocycles. The molecule has 0 saturated carbocycles. The first-order chi connectivity index (χ1) is 19.3. The number of hydrogen-bond acceptors (Lipinski definition) is 4. The predicted octanol–water partition coefficient (Wildman–Crippen LogP) is 5.70. The summed E-state index contributed by atoms with van der Waals surface area (Å²) < 4.78 is 29.4. The molecule has 0 radical (unpaired) electrons. The summed E-state index contributed by atoms with van der Waals surface area (Å²) >= 11 is 0. The molecular weight excluding hydrogens is 534 g/mol. The Labute approximate surface area is 245 Å². The highest BCUT2D eigenvalue weighted by atomic mass is 32.2. The summed E-state index contributed by atoms with van der Waals surface area (Å²) in [6.07, 6.45) is 0.385. The SMILES string of the molecule is CC[C@@H](C(=O)NCC(C)C)N(Cc1cccc(C)c1)C(=O)CN(c1cccc(C)c1C)S(=O)(=O)c1ccc(C)cc1. The fourth-order valence-electron chi connectivity index (χ4n) is 4.71. The van der Waals surface area contributed by atoms with E-state index in [-0.39, 0.29) is 23.3 Å². The van der Waals surface area contributed by atoms with Gasteiger partial charge in [0.15, 0.2) is 0 Å². The smallest absolute Gasteiger partial charge is 0.264 e. The molecule has 0 bridgehead atoms. The molecule has 1 atom stereocenters. The van der Waals surface area contributed by atoms with Crippen molar-refractivity contribution in [2.45, 2.75) is 72.4 Å². The van der Waals surface area contributed by atoms with Crippen molar-refractivity contribution in [3.8, 4) is 0 Å². The monoisotopic (exact) mass is 577 g/mol. The number of nitrogens with zero attached hydrogens (tertiary/aromatic N) is 2. The van der Waals surface area contributed by atoms with E-state index < -0.39 is 28.5 Å². The highest BCUT2D eigenvalue weighted by molar-refractivity contribution is 7.92. The van der Waals surface area contributed by atoms with Gasteiger partial charge < -0.3 is 10.2 Å². The average Bonchev–Trinajstić information content (AvgIpc) is 2.92. The van der Waals surface area contributed by atoms with Gasteiger partial charge in [-0.3, -0.25) is 13.9 Å². The molecule has 0 aliphatic rings. The van der Waals surface area contributed by atoms with E-state index in [1.165, 1.54) is 9.21 Å². The predicted molar refractivity (Wildman–Crippen MR) is 165 cm³/mol. The zero-order valence-electron chi connectivity index (χ0n) is 25.3. The number of amides is 2. The molecule has 0 saturated heterocycles. The summed E-state index contributed by atoms with van der Waals surface area (Å²) in [5.74, 6) is -0.451. The van der Waals surface area contributed by atoms with Crippen molar-refractivity contribution in [3.05, 3.63) is 94.5 Å². The van der Waals surface area contributed by atoms with Gasteiger partial charge in [0.1, 0.15) is 12.6 Å². The van der Waals surface area contributed by atoms with Crippen LogP contribution in [0, 0.1) is 33.6 Å². The van der Waals surface area contributed by atoms with Crippen LogP contribution in [0.1, 0.15) is 55.0 Å². The summed E-state index contributed by atoms with van der Waals surface area (Å²) in [6.45, 7) is 13.7. The number of aryl methyl sites for hydroxylation is 3. The highest BCUT2D eigenvalue weighted by Gasteiger charge is 2.34. The number of benzene rings is 3. The fraction of sp³-hybridized carbons (Fsp3) is 0.394. The molecule has 0 aromatic heterocycles. The van der Waals surface area contributed by atoms with Gasteiger partial charge in [-0.15, -0.1) is 0 Å². The van der Waals surface area contributed by atoms with Crippen molar-refractivity contribution in [2.24, 2.45) is 5.92 Å². The minimum atomic E-state index is -4.11. The van der Waals surface area contributed by atoms with E-state index in [0.29, 0.717) is 18.7 Å². The van der Waals surface area contributed by atoms with E-state index in [0.717, 1.165) is 27.8 Å². The van der Waals surface area contributed by atoms with E-state index >= 15 is 0 Å². The van der Waals surface area contributed by atoms with Gasteiger partial charge in [0.2, 0.25) is 11.8 Å². The molecule has 41 heavy (non-hydrogen) atoms. The Balaban J connectivity index is 2.09. The van der Waals surface area contributed by atoms with E-state index in [1.54, 1.807) is 36.4 Å². The zero-order chi connectivity index (χ0) is 30.3. The van der Waals surface area contributed by atoms with Crippen LogP contribution in [0.4, 0.5) is 5.69 Å². The second kappa shape index (κ2) is 13.8. The third-order valence-electron chi connectivity index (χ3n) is 7.24. The number of carbonyl (C=O) groups is 2.